The van der Waals surface area contributed by atoms with Gasteiger partial charge in [0.05, 0.1) is 16.7 Å². The summed E-state index contributed by atoms with van der Waals surface area (Å²) in [6, 6.07) is 24.7. The molecular weight excluding hydrogens is 464 g/mol. The van der Waals surface area contributed by atoms with Gasteiger partial charge in [-0.3, -0.25) is 15.0 Å². The number of rotatable bonds is 9. The summed E-state index contributed by atoms with van der Waals surface area (Å²) < 4.78 is 23.0. The third-order valence-corrected chi connectivity index (χ3v) is 7.18. The molecule has 0 aromatic heterocycles. The molecule has 0 aliphatic carbocycles. The lowest BCUT2D eigenvalue weighted by Crippen LogP contribution is -2.47. The van der Waals surface area contributed by atoms with Crippen LogP contribution < -0.4 is 10.2 Å². The molecule has 3 aromatic carbocycles. The molecule has 1 fully saturated rings. The second kappa shape index (κ2) is 10.9. The molecule has 0 bridgehead atoms. The highest BCUT2D eigenvalue weighted by Crippen LogP contribution is 2.35. The summed E-state index contributed by atoms with van der Waals surface area (Å²) in [5, 5.41) is 15.3. The quantitative estimate of drug-likeness (QED) is 0.355. The average molecular weight is 495 g/mol. The molecule has 1 heterocycles. The Labute approximate surface area is 206 Å². The van der Waals surface area contributed by atoms with Gasteiger partial charge in [-0.15, -0.1) is 0 Å². The predicted octanol–water partition coefficient (Wildman–Crippen LogP) is 3.96. The molecule has 0 spiro atoms. The first-order valence-corrected chi connectivity index (χ1v) is 13.7. The van der Waals surface area contributed by atoms with Crippen molar-refractivity contribution in [3.05, 3.63) is 100 Å². The van der Waals surface area contributed by atoms with Crippen molar-refractivity contribution in [2.45, 2.75) is 6.04 Å². The third kappa shape index (κ3) is 6.58. The van der Waals surface area contributed by atoms with Crippen molar-refractivity contribution in [3.8, 4) is 0 Å². The van der Waals surface area contributed by atoms with Gasteiger partial charge in [-0.25, -0.2) is 8.42 Å². The van der Waals surface area contributed by atoms with E-state index in [1.165, 1.54) is 6.26 Å². The van der Waals surface area contributed by atoms with Gasteiger partial charge in [-0.05, 0) is 23.3 Å². The number of nitrogens with one attached hydrogen (secondary N) is 1. The van der Waals surface area contributed by atoms with Crippen LogP contribution in [0.5, 0.6) is 0 Å². The summed E-state index contributed by atoms with van der Waals surface area (Å²) in [6.07, 6.45) is 1.26. The molecule has 0 saturated carbocycles. The lowest BCUT2D eigenvalue weighted by atomic mass is 9.98. The zero-order chi connectivity index (χ0) is 24.8. The summed E-state index contributed by atoms with van der Waals surface area (Å²) in [5.41, 5.74) is 3.42. The van der Waals surface area contributed by atoms with Crippen molar-refractivity contribution < 1.29 is 13.3 Å². The monoisotopic (exact) mass is 494 g/mol. The highest BCUT2D eigenvalue weighted by molar-refractivity contribution is 7.90. The predicted molar refractivity (Wildman–Crippen MR) is 140 cm³/mol. The Kier molecular flexibility index (Phi) is 7.67. The van der Waals surface area contributed by atoms with E-state index in [9.17, 15) is 18.5 Å². The fourth-order valence-electron chi connectivity index (χ4n) is 4.33. The van der Waals surface area contributed by atoms with Crippen LogP contribution in [-0.2, 0) is 9.84 Å². The molecule has 1 saturated heterocycles. The number of nitro groups is 1. The van der Waals surface area contributed by atoms with Crippen LogP contribution in [0.4, 0.5) is 17.1 Å². The van der Waals surface area contributed by atoms with E-state index in [2.05, 4.69) is 15.1 Å². The minimum absolute atomic E-state index is 0.0254. The van der Waals surface area contributed by atoms with Crippen LogP contribution in [0, 0.1) is 10.1 Å². The van der Waals surface area contributed by atoms with E-state index in [1.54, 1.807) is 12.1 Å². The molecule has 8 nitrogen and oxygen atoms in total. The Morgan fingerprint density at radius 3 is 2.00 bits per heavy atom. The van der Waals surface area contributed by atoms with Crippen molar-refractivity contribution in [3.63, 3.8) is 0 Å². The van der Waals surface area contributed by atoms with Crippen LogP contribution in [0.1, 0.15) is 17.2 Å². The van der Waals surface area contributed by atoms with Crippen LogP contribution in [0.15, 0.2) is 78.9 Å². The molecule has 9 heteroatoms. The van der Waals surface area contributed by atoms with Crippen LogP contribution >= 0.6 is 0 Å². The van der Waals surface area contributed by atoms with Crippen molar-refractivity contribution >= 4 is 26.9 Å². The van der Waals surface area contributed by atoms with Gasteiger partial charge in [-0.2, -0.15) is 0 Å². The van der Waals surface area contributed by atoms with E-state index in [4.69, 9.17) is 0 Å². The van der Waals surface area contributed by atoms with Crippen LogP contribution in [0.25, 0.3) is 0 Å². The summed E-state index contributed by atoms with van der Waals surface area (Å²) in [4.78, 5) is 15.8. The topological polar surface area (TPSA) is 95.8 Å². The number of sulfone groups is 1. The Hall–Kier alpha value is -3.43. The summed E-state index contributed by atoms with van der Waals surface area (Å²) in [5.74, 6) is 0.152. The Balaban J connectivity index is 1.57. The molecule has 1 aliphatic rings. The van der Waals surface area contributed by atoms with E-state index in [0.717, 1.165) is 43.0 Å². The van der Waals surface area contributed by atoms with Gasteiger partial charge in [0, 0.05) is 50.7 Å². The SMILES string of the molecule is CS(=O)(=O)CCN1CCN(c2ccc([N+](=O)[O-])c(NC(c3ccccc3)c3ccccc3)c2)CC1. The van der Waals surface area contributed by atoms with E-state index in [0.29, 0.717) is 12.2 Å². The second-order valence-electron chi connectivity index (χ2n) is 8.82. The van der Waals surface area contributed by atoms with Crippen molar-refractivity contribution in [1.29, 1.82) is 0 Å². The van der Waals surface area contributed by atoms with Gasteiger partial charge in [0.25, 0.3) is 5.69 Å². The minimum atomic E-state index is -2.99. The van der Waals surface area contributed by atoms with E-state index < -0.39 is 9.84 Å². The largest absolute Gasteiger partial charge is 0.369 e. The third-order valence-electron chi connectivity index (χ3n) is 6.26. The molecule has 0 radical (unpaired) electrons. The van der Waals surface area contributed by atoms with Crippen molar-refractivity contribution in [2.24, 2.45) is 0 Å². The van der Waals surface area contributed by atoms with Gasteiger partial charge in [0.15, 0.2) is 0 Å². The van der Waals surface area contributed by atoms with Gasteiger partial charge < -0.3 is 10.2 Å². The van der Waals surface area contributed by atoms with Gasteiger partial charge >= 0.3 is 0 Å². The first kappa shape index (κ1) is 24.7. The standard InChI is InChI=1S/C26H30N4O4S/c1-35(33,34)19-18-28-14-16-29(17-15-28)23-12-13-25(30(31)32)24(20-23)27-26(21-8-4-2-5-9-21)22-10-6-3-7-11-22/h2-13,20,26-27H,14-19H2,1H3. The summed E-state index contributed by atoms with van der Waals surface area (Å²) in [7, 11) is -2.99. The van der Waals surface area contributed by atoms with E-state index >= 15 is 0 Å². The average Bonchev–Trinajstić information content (AvgIpc) is 2.87. The summed E-state index contributed by atoms with van der Waals surface area (Å²) >= 11 is 0. The number of hydrogen-bond acceptors (Lipinski definition) is 7. The number of piperazine rings is 1. The molecule has 35 heavy (non-hydrogen) atoms. The number of benzene rings is 3. The molecule has 3 aromatic rings. The Bertz CT molecular complexity index is 1210. The second-order valence-corrected chi connectivity index (χ2v) is 11.1. The van der Waals surface area contributed by atoms with Gasteiger partial charge in [0.2, 0.25) is 0 Å². The number of nitrogens with zero attached hydrogens (tertiary/aromatic N) is 3. The van der Waals surface area contributed by atoms with E-state index in [1.807, 2.05) is 66.7 Å². The maximum absolute atomic E-state index is 11.9. The molecule has 1 N–H and O–H groups in total. The fourth-order valence-corrected chi connectivity index (χ4v) is 4.92. The van der Waals surface area contributed by atoms with Crippen LogP contribution in [0.3, 0.4) is 0 Å². The van der Waals surface area contributed by atoms with Crippen LogP contribution in [-0.4, -0.2) is 63.0 Å². The number of nitro benzene ring substituents is 1. The number of anilines is 2. The normalized spacial score (nSPS) is 14.7. The lowest BCUT2D eigenvalue weighted by Gasteiger charge is -2.36. The maximum Gasteiger partial charge on any atom is 0.292 e. The maximum atomic E-state index is 11.9. The zero-order valence-corrected chi connectivity index (χ0v) is 20.5. The molecule has 0 unspecified atom stereocenters. The first-order valence-electron chi connectivity index (χ1n) is 11.6. The summed E-state index contributed by atoms with van der Waals surface area (Å²) in [6.45, 7) is 3.46. The Morgan fingerprint density at radius 1 is 0.914 bits per heavy atom. The zero-order valence-electron chi connectivity index (χ0n) is 19.7. The van der Waals surface area contributed by atoms with Crippen molar-refractivity contribution in [1.82, 2.24) is 4.90 Å². The molecule has 4 rings (SSSR count). The van der Waals surface area contributed by atoms with E-state index in [-0.39, 0.29) is 22.4 Å². The van der Waals surface area contributed by atoms with Gasteiger partial charge in [-0.1, -0.05) is 60.7 Å². The Morgan fingerprint density at radius 2 is 1.49 bits per heavy atom. The highest BCUT2D eigenvalue weighted by Gasteiger charge is 2.23. The first-order chi connectivity index (χ1) is 16.8. The highest BCUT2D eigenvalue weighted by atomic mass is 32.2. The van der Waals surface area contributed by atoms with Crippen molar-refractivity contribution in [2.75, 3.05) is 54.9 Å². The smallest absolute Gasteiger partial charge is 0.292 e. The minimum Gasteiger partial charge on any atom is -0.369 e. The lowest BCUT2D eigenvalue weighted by molar-refractivity contribution is -0.384. The molecular formula is C26H30N4O4S. The molecule has 1 aliphatic heterocycles. The molecule has 184 valence electrons. The fraction of sp³-hybridized carbons (Fsp3) is 0.308. The van der Waals surface area contributed by atoms with Gasteiger partial charge in [0.1, 0.15) is 15.5 Å². The number of hydrogen-bond donors (Lipinski definition) is 1. The molecule has 0 amide bonds. The van der Waals surface area contributed by atoms with Crippen LogP contribution in [0.2, 0.25) is 0 Å². The molecule has 0 atom stereocenters.